The number of fused-ring (bicyclic) bond motifs is 1. The van der Waals surface area contributed by atoms with Crippen molar-refractivity contribution in [2.45, 2.75) is 19.4 Å². The molecule has 1 atom stereocenters. The summed E-state index contributed by atoms with van der Waals surface area (Å²) in [7, 11) is 0. The van der Waals surface area contributed by atoms with Crippen LogP contribution in [0.1, 0.15) is 24.9 Å². The fourth-order valence-electron chi connectivity index (χ4n) is 2.23. The number of benzene rings is 1. The fourth-order valence-corrected chi connectivity index (χ4v) is 2.23. The molecule has 4 heteroatoms. The van der Waals surface area contributed by atoms with Crippen LogP contribution in [-0.4, -0.2) is 18.2 Å². The summed E-state index contributed by atoms with van der Waals surface area (Å²) in [5.41, 5.74) is 2.17. The van der Waals surface area contributed by atoms with Gasteiger partial charge >= 0.3 is 0 Å². The third kappa shape index (κ3) is 2.85. The number of nitrogens with zero attached hydrogens (tertiary/aromatic N) is 1. The maximum Gasteiger partial charge on any atom is 0.161 e. The zero-order valence-electron chi connectivity index (χ0n) is 11.5. The highest BCUT2D eigenvalue weighted by molar-refractivity contribution is 5.47. The van der Waals surface area contributed by atoms with Crippen LogP contribution in [0.5, 0.6) is 11.5 Å². The van der Waals surface area contributed by atoms with E-state index in [1.54, 1.807) is 6.20 Å². The summed E-state index contributed by atoms with van der Waals surface area (Å²) in [5, 5.41) is 3.42. The summed E-state index contributed by atoms with van der Waals surface area (Å²) in [6.07, 6.45) is 4.51. The van der Waals surface area contributed by atoms with Crippen LogP contribution in [0.2, 0.25) is 0 Å². The second-order valence-corrected chi connectivity index (χ2v) is 4.86. The molecule has 0 saturated heterocycles. The molecular formula is C16H18N2O2. The van der Waals surface area contributed by atoms with Crippen LogP contribution >= 0.6 is 0 Å². The Kier molecular flexibility index (Phi) is 3.72. The maximum absolute atomic E-state index is 5.72. The van der Waals surface area contributed by atoms with Crippen molar-refractivity contribution in [3.63, 3.8) is 0 Å². The highest BCUT2D eigenvalue weighted by atomic mass is 16.5. The lowest BCUT2D eigenvalue weighted by atomic mass is 10.1. The van der Waals surface area contributed by atoms with Gasteiger partial charge in [-0.05, 0) is 36.8 Å². The minimum Gasteiger partial charge on any atom is -0.490 e. The minimum absolute atomic E-state index is 0.177. The lowest BCUT2D eigenvalue weighted by Gasteiger charge is -2.17. The summed E-state index contributed by atoms with van der Waals surface area (Å²) >= 11 is 0. The molecule has 1 unspecified atom stereocenters. The Bertz CT molecular complexity index is 572. The van der Waals surface area contributed by atoms with Gasteiger partial charge in [-0.3, -0.25) is 4.98 Å². The standard InChI is InChI=1S/C16H18N2O2/c1-12(18-14-4-2-7-17-11-14)13-5-6-15-16(10-13)20-9-3-8-19-15/h2,4-7,10-12,18H,3,8-9H2,1H3. The first kappa shape index (κ1) is 12.8. The zero-order valence-corrected chi connectivity index (χ0v) is 11.5. The molecule has 1 N–H and O–H groups in total. The number of pyridine rings is 1. The van der Waals surface area contributed by atoms with Gasteiger partial charge in [0.1, 0.15) is 0 Å². The van der Waals surface area contributed by atoms with Crippen molar-refractivity contribution in [2.24, 2.45) is 0 Å². The van der Waals surface area contributed by atoms with Crippen LogP contribution < -0.4 is 14.8 Å². The Hall–Kier alpha value is -2.23. The average Bonchev–Trinajstić information content (AvgIpc) is 2.72. The van der Waals surface area contributed by atoms with Crippen molar-refractivity contribution >= 4 is 5.69 Å². The number of rotatable bonds is 3. The van der Waals surface area contributed by atoms with Crippen molar-refractivity contribution in [3.8, 4) is 11.5 Å². The first-order valence-electron chi connectivity index (χ1n) is 6.89. The van der Waals surface area contributed by atoms with Gasteiger partial charge in [-0.2, -0.15) is 0 Å². The first-order chi connectivity index (χ1) is 9.83. The second kappa shape index (κ2) is 5.82. The predicted octanol–water partition coefficient (Wildman–Crippen LogP) is 3.42. The molecule has 1 aliphatic rings. The van der Waals surface area contributed by atoms with E-state index < -0.39 is 0 Å². The molecule has 104 valence electrons. The largest absolute Gasteiger partial charge is 0.490 e. The third-order valence-electron chi connectivity index (χ3n) is 3.32. The van der Waals surface area contributed by atoms with Crippen LogP contribution in [0.4, 0.5) is 5.69 Å². The second-order valence-electron chi connectivity index (χ2n) is 4.86. The van der Waals surface area contributed by atoms with Crippen LogP contribution in [0.15, 0.2) is 42.7 Å². The fraction of sp³-hybridized carbons (Fsp3) is 0.312. The number of anilines is 1. The third-order valence-corrected chi connectivity index (χ3v) is 3.32. The van der Waals surface area contributed by atoms with Gasteiger partial charge in [-0.1, -0.05) is 6.07 Å². The van der Waals surface area contributed by atoms with Crippen LogP contribution in [0.25, 0.3) is 0 Å². The Labute approximate surface area is 118 Å². The van der Waals surface area contributed by atoms with Crippen molar-refractivity contribution in [1.29, 1.82) is 0 Å². The van der Waals surface area contributed by atoms with Gasteiger partial charge in [-0.15, -0.1) is 0 Å². The monoisotopic (exact) mass is 270 g/mol. The number of aromatic nitrogens is 1. The van der Waals surface area contributed by atoms with Gasteiger partial charge in [-0.25, -0.2) is 0 Å². The van der Waals surface area contributed by atoms with E-state index in [-0.39, 0.29) is 6.04 Å². The van der Waals surface area contributed by atoms with E-state index in [1.165, 1.54) is 0 Å². The SMILES string of the molecule is CC(Nc1cccnc1)c1ccc2c(c1)OCCCO2. The predicted molar refractivity (Wildman–Crippen MR) is 78.3 cm³/mol. The molecule has 2 heterocycles. The summed E-state index contributed by atoms with van der Waals surface area (Å²) in [5.74, 6) is 1.67. The van der Waals surface area contributed by atoms with Crippen molar-refractivity contribution < 1.29 is 9.47 Å². The molecule has 1 aromatic heterocycles. The van der Waals surface area contributed by atoms with E-state index in [1.807, 2.05) is 24.4 Å². The molecule has 2 aromatic rings. The normalized spacial score (nSPS) is 15.2. The van der Waals surface area contributed by atoms with Crippen molar-refractivity contribution in [3.05, 3.63) is 48.3 Å². The Morgan fingerprint density at radius 2 is 2.00 bits per heavy atom. The molecule has 3 rings (SSSR count). The zero-order chi connectivity index (χ0) is 13.8. The molecule has 1 aliphatic heterocycles. The summed E-state index contributed by atoms with van der Waals surface area (Å²) in [4.78, 5) is 4.11. The van der Waals surface area contributed by atoms with E-state index in [4.69, 9.17) is 9.47 Å². The number of hydrogen-bond acceptors (Lipinski definition) is 4. The lowest BCUT2D eigenvalue weighted by Crippen LogP contribution is -2.07. The maximum atomic E-state index is 5.72. The molecule has 0 spiro atoms. The van der Waals surface area contributed by atoms with Gasteiger partial charge in [0.15, 0.2) is 11.5 Å². The molecular weight excluding hydrogens is 252 g/mol. The van der Waals surface area contributed by atoms with E-state index in [9.17, 15) is 0 Å². The van der Waals surface area contributed by atoms with Gasteiger partial charge in [0.05, 0.1) is 18.9 Å². The molecule has 0 radical (unpaired) electrons. The van der Waals surface area contributed by atoms with Crippen LogP contribution in [-0.2, 0) is 0 Å². The molecule has 0 fully saturated rings. The van der Waals surface area contributed by atoms with E-state index in [0.717, 1.165) is 35.8 Å². The Morgan fingerprint density at radius 3 is 2.80 bits per heavy atom. The quantitative estimate of drug-likeness (QED) is 0.928. The van der Waals surface area contributed by atoms with Crippen LogP contribution in [0, 0.1) is 0 Å². The summed E-state index contributed by atoms with van der Waals surface area (Å²) in [6.45, 7) is 3.54. The van der Waals surface area contributed by atoms with Crippen LogP contribution in [0.3, 0.4) is 0 Å². The first-order valence-corrected chi connectivity index (χ1v) is 6.89. The van der Waals surface area contributed by atoms with E-state index >= 15 is 0 Å². The number of nitrogens with one attached hydrogen (secondary N) is 1. The molecule has 0 saturated carbocycles. The van der Waals surface area contributed by atoms with Crippen molar-refractivity contribution in [1.82, 2.24) is 4.98 Å². The molecule has 1 aromatic carbocycles. The smallest absolute Gasteiger partial charge is 0.161 e. The molecule has 20 heavy (non-hydrogen) atoms. The van der Waals surface area contributed by atoms with Gasteiger partial charge < -0.3 is 14.8 Å². The topological polar surface area (TPSA) is 43.4 Å². The Balaban J connectivity index is 1.78. The molecule has 0 bridgehead atoms. The average molecular weight is 270 g/mol. The highest BCUT2D eigenvalue weighted by Crippen LogP contribution is 2.33. The Morgan fingerprint density at radius 1 is 1.15 bits per heavy atom. The van der Waals surface area contributed by atoms with E-state index in [0.29, 0.717) is 6.61 Å². The molecule has 4 nitrogen and oxygen atoms in total. The lowest BCUT2D eigenvalue weighted by molar-refractivity contribution is 0.297. The van der Waals surface area contributed by atoms with Crippen molar-refractivity contribution in [2.75, 3.05) is 18.5 Å². The number of hydrogen-bond donors (Lipinski definition) is 1. The summed E-state index contributed by atoms with van der Waals surface area (Å²) < 4.78 is 11.4. The highest BCUT2D eigenvalue weighted by Gasteiger charge is 2.13. The molecule has 0 amide bonds. The summed E-state index contributed by atoms with van der Waals surface area (Å²) in [6, 6.07) is 10.2. The van der Waals surface area contributed by atoms with E-state index in [2.05, 4.69) is 29.4 Å². The van der Waals surface area contributed by atoms with Gasteiger partial charge in [0, 0.05) is 24.9 Å². The van der Waals surface area contributed by atoms with Gasteiger partial charge in [0.25, 0.3) is 0 Å². The van der Waals surface area contributed by atoms with Gasteiger partial charge in [0.2, 0.25) is 0 Å². The molecule has 0 aliphatic carbocycles. The number of ether oxygens (including phenoxy) is 2. The minimum atomic E-state index is 0.177.